The first-order valence-corrected chi connectivity index (χ1v) is 9.47. The van der Waals surface area contributed by atoms with Gasteiger partial charge >= 0.3 is 0 Å². The van der Waals surface area contributed by atoms with E-state index in [4.69, 9.17) is 0 Å². The molecule has 0 spiro atoms. The summed E-state index contributed by atoms with van der Waals surface area (Å²) in [4.78, 5) is 8.21. The Balaban J connectivity index is 0.00000288. The molecule has 2 unspecified atom stereocenters. The van der Waals surface area contributed by atoms with E-state index in [2.05, 4.69) is 71.6 Å². The molecule has 0 amide bonds. The molecule has 2 rings (SSSR count). The van der Waals surface area contributed by atoms with Crippen molar-refractivity contribution in [3.05, 3.63) is 30.3 Å². The van der Waals surface area contributed by atoms with Crippen LogP contribution in [0, 0.1) is 5.92 Å². The lowest BCUT2D eigenvalue weighted by molar-refractivity contribution is 0.265. The second-order valence-electron chi connectivity index (χ2n) is 6.44. The summed E-state index contributed by atoms with van der Waals surface area (Å²) in [5, 5.41) is 7.02. The van der Waals surface area contributed by atoms with Gasteiger partial charge < -0.3 is 10.6 Å². The molecule has 24 heavy (non-hydrogen) atoms. The Bertz CT molecular complexity index is 495. The lowest BCUT2D eigenvalue weighted by Crippen LogP contribution is -2.47. The van der Waals surface area contributed by atoms with E-state index in [1.54, 1.807) is 0 Å². The number of aliphatic imine (C=N–C) groups is 1. The van der Waals surface area contributed by atoms with Crippen molar-refractivity contribution in [3.63, 3.8) is 0 Å². The van der Waals surface area contributed by atoms with Crippen LogP contribution in [0.15, 0.2) is 40.2 Å². The van der Waals surface area contributed by atoms with Gasteiger partial charge in [0.05, 0.1) is 0 Å². The highest BCUT2D eigenvalue weighted by atomic mass is 127. The van der Waals surface area contributed by atoms with Gasteiger partial charge in [0.15, 0.2) is 5.96 Å². The Kier molecular flexibility index (Phi) is 10.1. The molecule has 1 aromatic carbocycles. The summed E-state index contributed by atoms with van der Waals surface area (Å²) in [5.41, 5.74) is 0. The highest BCUT2D eigenvalue weighted by Crippen LogP contribution is 2.18. The Hall–Kier alpha value is -0.470. The maximum Gasteiger partial charge on any atom is 0.191 e. The Morgan fingerprint density at radius 2 is 2.00 bits per heavy atom. The van der Waals surface area contributed by atoms with Crippen molar-refractivity contribution in [1.29, 1.82) is 0 Å². The van der Waals surface area contributed by atoms with Crippen LogP contribution in [0.4, 0.5) is 0 Å². The molecule has 136 valence electrons. The van der Waals surface area contributed by atoms with Crippen molar-refractivity contribution < 1.29 is 0 Å². The van der Waals surface area contributed by atoms with Crippen molar-refractivity contribution in [1.82, 2.24) is 15.5 Å². The van der Waals surface area contributed by atoms with Crippen LogP contribution in [0.25, 0.3) is 0 Å². The van der Waals surface area contributed by atoms with Gasteiger partial charge in [-0.25, -0.2) is 0 Å². The molecule has 0 aliphatic carbocycles. The Morgan fingerprint density at radius 3 is 2.58 bits per heavy atom. The minimum Gasteiger partial charge on any atom is -0.356 e. The highest BCUT2D eigenvalue weighted by molar-refractivity contribution is 14.0. The molecular formula is C18H31IN4S. The van der Waals surface area contributed by atoms with Gasteiger partial charge in [-0.2, -0.15) is 0 Å². The third kappa shape index (κ3) is 6.80. The standard InChI is InChI=1S/C18H30N4S.HI/c1-14(2)22-12-15(3)17(13-22)21-18(19-4)20-10-11-23-16-8-6-5-7-9-16;/h5-9,14-15,17H,10-13H2,1-4H3,(H2,19,20,21);1H. The van der Waals surface area contributed by atoms with Gasteiger partial charge in [-0.05, 0) is 31.9 Å². The fourth-order valence-electron chi connectivity index (χ4n) is 2.84. The van der Waals surface area contributed by atoms with E-state index in [1.165, 1.54) is 4.90 Å². The molecule has 1 saturated heterocycles. The molecule has 0 saturated carbocycles. The predicted octanol–water partition coefficient (Wildman–Crippen LogP) is 3.29. The van der Waals surface area contributed by atoms with E-state index in [9.17, 15) is 0 Å². The van der Waals surface area contributed by atoms with Crippen molar-refractivity contribution in [2.45, 2.75) is 37.8 Å². The van der Waals surface area contributed by atoms with E-state index in [1.807, 2.05) is 18.8 Å². The van der Waals surface area contributed by atoms with Gasteiger partial charge in [0.1, 0.15) is 0 Å². The van der Waals surface area contributed by atoms with E-state index in [-0.39, 0.29) is 24.0 Å². The van der Waals surface area contributed by atoms with Gasteiger partial charge in [0.2, 0.25) is 0 Å². The summed E-state index contributed by atoms with van der Waals surface area (Å²) in [5.74, 6) is 2.60. The lowest BCUT2D eigenvalue weighted by Gasteiger charge is -2.21. The Labute approximate surface area is 168 Å². The zero-order chi connectivity index (χ0) is 16.7. The Morgan fingerprint density at radius 1 is 1.29 bits per heavy atom. The predicted molar refractivity (Wildman–Crippen MR) is 117 cm³/mol. The van der Waals surface area contributed by atoms with Gasteiger partial charge in [0.25, 0.3) is 0 Å². The van der Waals surface area contributed by atoms with Gasteiger partial charge in [-0.3, -0.25) is 9.89 Å². The molecule has 1 aliphatic rings. The molecule has 1 fully saturated rings. The SMILES string of the molecule is CN=C(NCCSc1ccccc1)NC1CN(C(C)C)CC1C.I. The number of benzene rings is 1. The fraction of sp³-hybridized carbons (Fsp3) is 0.611. The van der Waals surface area contributed by atoms with Crippen LogP contribution < -0.4 is 10.6 Å². The van der Waals surface area contributed by atoms with Crippen molar-refractivity contribution in [2.24, 2.45) is 10.9 Å². The minimum absolute atomic E-state index is 0. The summed E-state index contributed by atoms with van der Waals surface area (Å²) >= 11 is 1.87. The third-order valence-corrected chi connectivity index (χ3v) is 5.34. The van der Waals surface area contributed by atoms with E-state index in [0.29, 0.717) is 18.0 Å². The van der Waals surface area contributed by atoms with Crippen LogP contribution >= 0.6 is 35.7 Å². The van der Waals surface area contributed by atoms with Crippen LogP contribution in [-0.2, 0) is 0 Å². The topological polar surface area (TPSA) is 39.7 Å². The fourth-order valence-corrected chi connectivity index (χ4v) is 3.63. The molecule has 0 radical (unpaired) electrons. The molecule has 1 aromatic rings. The molecule has 2 atom stereocenters. The monoisotopic (exact) mass is 462 g/mol. The maximum absolute atomic E-state index is 4.37. The van der Waals surface area contributed by atoms with Crippen LogP contribution in [0.1, 0.15) is 20.8 Å². The lowest BCUT2D eigenvalue weighted by atomic mass is 10.1. The van der Waals surface area contributed by atoms with Gasteiger partial charge in [-0.1, -0.05) is 25.1 Å². The molecule has 2 N–H and O–H groups in total. The smallest absolute Gasteiger partial charge is 0.191 e. The number of guanidine groups is 1. The zero-order valence-corrected chi connectivity index (χ0v) is 18.3. The molecule has 6 heteroatoms. The third-order valence-electron chi connectivity index (χ3n) is 4.32. The van der Waals surface area contributed by atoms with E-state index < -0.39 is 0 Å². The second kappa shape index (κ2) is 11.2. The molecule has 0 aromatic heterocycles. The molecule has 1 aliphatic heterocycles. The number of hydrogen-bond acceptors (Lipinski definition) is 3. The first-order valence-electron chi connectivity index (χ1n) is 8.49. The highest BCUT2D eigenvalue weighted by Gasteiger charge is 2.31. The quantitative estimate of drug-likeness (QED) is 0.224. The largest absolute Gasteiger partial charge is 0.356 e. The molecule has 4 nitrogen and oxygen atoms in total. The number of halogens is 1. The van der Waals surface area contributed by atoms with Crippen LogP contribution in [0.2, 0.25) is 0 Å². The number of thioether (sulfide) groups is 1. The first kappa shape index (κ1) is 21.6. The van der Waals surface area contributed by atoms with Crippen LogP contribution in [0.3, 0.4) is 0 Å². The van der Waals surface area contributed by atoms with Crippen molar-refractivity contribution >= 4 is 41.7 Å². The zero-order valence-electron chi connectivity index (χ0n) is 15.2. The molecular weight excluding hydrogens is 431 g/mol. The van der Waals surface area contributed by atoms with Crippen LogP contribution in [0.5, 0.6) is 0 Å². The number of rotatable bonds is 6. The number of hydrogen-bond donors (Lipinski definition) is 2. The summed E-state index contributed by atoms with van der Waals surface area (Å²) in [7, 11) is 1.85. The summed E-state index contributed by atoms with van der Waals surface area (Å²) in [6.45, 7) is 10.0. The van der Waals surface area contributed by atoms with Gasteiger partial charge in [0, 0.05) is 49.4 Å². The molecule has 0 bridgehead atoms. The van der Waals surface area contributed by atoms with Crippen molar-refractivity contribution in [3.8, 4) is 0 Å². The number of nitrogens with zero attached hydrogens (tertiary/aromatic N) is 2. The van der Waals surface area contributed by atoms with Gasteiger partial charge in [-0.15, -0.1) is 35.7 Å². The van der Waals surface area contributed by atoms with E-state index in [0.717, 1.165) is 31.3 Å². The average molecular weight is 462 g/mol. The summed E-state index contributed by atoms with van der Waals surface area (Å²) in [6.07, 6.45) is 0. The summed E-state index contributed by atoms with van der Waals surface area (Å²) < 4.78 is 0. The normalized spacial score (nSPS) is 21.6. The maximum atomic E-state index is 4.37. The minimum atomic E-state index is 0. The van der Waals surface area contributed by atoms with E-state index >= 15 is 0 Å². The second-order valence-corrected chi connectivity index (χ2v) is 7.60. The van der Waals surface area contributed by atoms with Crippen LogP contribution in [-0.4, -0.2) is 55.4 Å². The van der Waals surface area contributed by atoms with Crippen molar-refractivity contribution in [2.75, 3.05) is 32.4 Å². The number of nitrogens with one attached hydrogen (secondary N) is 2. The molecule has 1 heterocycles. The summed E-state index contributed by atoms with van der Waals surface area (Å²) in [6, 6.07) is 11.6. The number of likely N-dealkylation sites (tertiary alicyclic amines) is 1. The first-order chi connectivity index (χ1) is 11.1. The average Bonchev–Trinajstić information content (AvgIpc) is 2.92.